The van der Waals surface area contributed by atoms with Gasteiger partial charge in [-0.25, -0.2) is 4.39 Å². The van der Waals surface area contributed by atoms with Gasteiger partial charge in [-0.3, -0.25) is 0 Å². The van der Waals surface area contributed by atoms with Gasteiger partial charge in [-0.05, 0) is 24.1 Å². The van der Waals surface area contributed by atoms with E-state index in [1.165, 1.54) is 6.07 Å². The summed E-state index contributed by atoms with van der Waals surface area (Å²) in [5.74, 6) is -0.313. The smallest absolute Gasteiger partial charge is 0.146 e. The fraction of sp³-hybridized carbons (Fsp3) is 0.250. The number of hydrogen-bond donors (Lipinski definition) is 2. The summed E-state index contributed by atoms with van der Waals surface area (Å²) in [5.41, 5.74) is 7.60. The van der Waals surface area contributed by atoms with Gasteiger partial charge in [0.25, 0.3) is 0 Å². The number of nitrogen functional groups attached to an aromatic ring is 1. The Morgan fingerprint density at radius 2 is 2.27 bits per heavy atom. The lowest BCUT2D eigenvalue weighted by molar-refractivity contribution is 0.631. The highest BCUT2D eigenvalue weighted by molar-refractivity contribution is 5.62. The van der Waals surface area contributed by atoms with Crippen LogP contribution >= 0.6 is 0 Å². The molecule has 0 spiro atoms. The average Bonchev–Trinajstić information content (AvgIpc) is 2.36. The predicted octanol–water partition coefficient (Wildman–Crippen LogP) is 1.38. The van der Waals surface area contributed by atoms with Crippen molar-refractivity contribution in [1.82, 2.24) is 0 Å². The molecule has 0 unspecified atom stereocenters. The number of halogens is 1. The fourth-order valence-electron chi connectivity index (χ4n) is 1.33. The molecule has 0 saturated heterocycles. The molecule has 0 fully saturated rings. The summed E-state index contributed by atoms with van der Waals surface area (Å²) < 4.78 is 12.8. The Morgan fingerprint density at radius 1 is 1.45 bits per heavy atom. The quantitative estimate of drug-likeness (QED) is 0.551. The van der Waals surface area contributed by atoms with E-state index in [0.717, 1.165) is 24.2 Å². The van der Waals surface area contributed by atoms with Gasteiger partial charge in [0.15, 0.2) is 0 Å². The van der Waals surface area contributed by atoms with Crippen LogP contribution in [0.3, 0.4) is 0 Å². The molecule has 1 aliphatic heterocycles. The third kappa shape index (κ3) is 0.926. The molecule has 2 nitrogen and oxygen atoms in total. The summed E-state index contributed by atoms with van der Waals surface area (Å²) in [4.78, 5) is 0. The van der Waals surface area contributed by atoms with Crippen molar-refractivity contribution >= 4 is 11.4 Å². The first-order valence-electron chi connectivity index (χ1n) is 3.59. The van der Waals surface area contributed by atoms with E-state index in [0.29, 0.717) is 0 Å². The molecule has 0 amide bonds. The fourth-order valence-corrected chi connectivity index (χ4v) is 1.33. The molecule has 3 heteroatoms. The number of nitrogens with two attached hydrogens (primary N) is 1. The van der Waals surface area contributed by atoms with Gasteiger partial charge in [0, 0.05) is 12.2 Å². The van der Waals surface area contributed by atoms with Crippen molar-refractivity contribution < 1.29 is 4.39 Å². The van der Waals surface area contributed by atoms with Crippen molar-refractivity contribution in [2.24, 2.45) is 0 Å². The first-order chi connectivity index (χ1) is 5.27. The number of benzene rings is 1. The summed E-state index contributed by atoms with van der Waals surface area (Å²) in [6.07, 6.45) is 0.895. The normalized spacial score (nSPS) is 14.3. The molecule has 0 saturated carbocycles. The molecular weight excluding hydrogens is 143 g/mol. The molecule has 0 atom stereocenters. The minimum Gasteiger partial charge on any atom is -0.396 e. The molecule has 0 radical (unpaired) electrons. The highest BCUT2D eigenvalue weighted by Crippen LogP contribution is 2.26. The topological polar surface area (TPSA) is 38.0 Å². The monoisotopic (exact) mass is 152 g/mol. The molecule has 3 N–H and O–H groups in total. The zero-order valence-corrected chi connectivity index (χ0v) is 6.02. The maximum atomic E-state index is 12.8. The van der Waals surface area contributed by atoms with Gasteiger partial charge < -0.3 is 11.1 Å². The number of nitrogens with one attached hydrogen (secondary N) is 1. The molecule has 0 bridgehead atoms. The lowest BCUT2D eigenvalue weighted by atomic mass is 10.1. The standard InChI is InChI=1S/C8H9FN2/c9-6-3-5-1-2-11-8(5)4-7(6)10/h3-4,11H,1-2,10H2. The Balaban J connectivity index is 2.57. The van der Waals surface area contributed by atoms with Gasteiger partial charge >= 0.3 is 0 Å². The lowest BCUT2D eigenvalue weighted by Gasteiger charge is -2.01. The second-order valence-electron chi connectivity index (χ2n) is 2.71. The number of rotatable bonds is 0. The second-order valence-corrected chi connectivity index (χ2v) is 2.71. The lowest BCUT2D eigenvalue weighted by Crippen LogP contribution is -1.93. The van der Waals surface area contributed by atoms with Gasteiger partial charge in [0.2, 0.25) is 0 Å². The molecule has 0 aromatic heterocycles. The van der Waals surface area contributed by atoms with Crippen LogP contribution in [-0.4, -0.2) is 6.54 Å². The summed E-state index contributed by atoms with van der Waals surface area (Å²) in [5, 5.41) is 3.12. The Morgan fingerprint density at radius 3 is 3.09 bits per heavy atom. The van der Waals surface area contributed by atoms with E-state index in [1.54, 1.807) is 6.07 Å². The van der Waals surface area contributed by atoms with Crippen molar-refractivity contribution in [3.8, 4) is 0 Å². The Bertz CT molecular complexity index is 267. The number of hydrogen-bond acceptors (Lipinski definition) is 2. The molecule has 1 heterocycles. The summed E-state index contributed by atoms with van der Waals surface area (Å²) in [7, 11) is 0. The molecular formula is C8H9FN2. The minimum atomic E-state index is -0.313. The van der Waals surface area contributed by atoms with Gasteiger partial charge in [-0.2, -0.15) is 0 Å². The van der Waals surface area contributed by atoms with Crippen molar-refractivity contribution in [3.05, 3.63) is 23.5 Å². The molecule has 0 aliphatic carbocycles. The number of anilines is 2. The highest BCUT2D eigenvalue weighted by Gasteiger charge is 2.12. The van der Waals surface area contributed by atoms with Crippen LogP contribution in [0.2, 0.25) is 0 Å². The van der Waals surface area contributed by atoms with Gasteiger partial charge in [0.05, 0.1) is 5.69 Å². The van der Waals surface area contributed by atoms with Crippen molar-refractivity contribution in [2.45, 2.75) is 6.42 Å². The first-order valence-corrected chi connectivity index (χ1v) is 3.59. The third-order valence-electron chi connectivity index (χ3n) is 1.93. The van der Waals surface area contributed by atoms with Crippen LogP contribution in [0, 0.1) is 5.82 Å². The zero-order valence-electron chi connectivity index (χ0n) is 6.02. The van der Waals surface area contributed by atoms with Gasteiger partial charge in [-0.1, -0.05) is 0 Å². The molecule has 1 aliphatic rings. The van der Waals surface area contributed by atoms with Crippen molar-refractivity contribution in [1.29, 1.82) is 0 Å². The Labute approximate surface area is 64.2 Å². The molecule has 1 aromatic carbocycles. The highest BCUT2D eigenvalue weighted by atomic mass is 19.1. The maximum absolute atomic E-state index is 12.8. The Kier molecular flexibility index (Phi) is 1.24. The van der Waals surface area contributed by atoms with Gasteiger partial charge in [0.1, 0.15) is 5.82 Å². The van der Waals surface area contributed by atoms with E-state index in [4.69, 9.17) is 5.73 Å². The van der Waals surface area contributed by atoms with E-state index in [-0.39, 0.29) is 11.5 Å². The van der Waals surface area contributed by atoms with Crippen molar-refractivity contribution in [2.75, 3.05) is 17.6 Å². The van der Waals surface area contributed by atoms with E-state index >= 15 is 0 Å². The molecule has 2 rings (SSSR count). The molecule has 58 valence electrons. The minimum absolute atomic E-state index is 0.221. The number of fused-ring (bicyclic) bond motifs is 1. The SMILES string of the molecule is Nc1cc2c(cc1F)CCN2. The third-order valence-corrected chi connectivity index (χ3v) is 1.93. The first kappa shape index (κ1) is 6.46. The second kappa shape index (κ2) is 2.12. The predicted molar refractivity (Wildman–Crippen MR) is 43.0 cm³/mol. The van der Waals surface area contributed by atoms with Crippen LogP contribution in [0.5, 0.6) is 0 Å². The molecule has 11 heavy (non-hydrogen) atoms. The van der Waals surface area contributed by atoms with E-state index in [2.05, 4.69) is 5.32 Å². The van der Waals surface area contributed by atoms with Crippen LogP contribution in [0.15, 0.2) is 12.1 Å². The van der Waals surface area contributed by atoms with E-state index in [1.807, 2.05) is 0 Å². The van der Waals surface area contributed by atoms with Gasteiger partial charge in [-0.15, -0.1) is 0 Å². The van der Waals surface area contributed by atoms with E-state index in [9.17, 15) is 4.39 Å². The maximum Gasteiger partial charge on any atom is 0.146 e. The van der Waals surface area contributed by atoms with Crippen LogP contribution in [-0.2, 0) is 6.42 Å². The molecule has 1 aromatic rings. The van der Waals surface area contributed by atoms with Crippen molar-refractivity contribution in [3.63, 3.8) is 0 Å². The summed E-state index contributed by atoms with van der Waals surface area (Å²) >= 11 is 0. The average molecular weight is 152 g/mol. The summed E-state index contributed by atoms with van der Waals surface area (Å²) in [6.45, 7) is 0.887. The van der Waals surface area contributed by atoms with E-state index < -0.39 is 0 Å². The summed E-state index contributed by atoms with van der Waals surface area (Å²) in [6, 6.07) is 3.16. The largest absolute Gasteiger partial charge is 0.396 e. The van der Waals surface area contributed by atoms with Crippen LogP contribution in [0.1, 0.15) is 5.56 Å². The zero-order chi connectivity index (χ0) is 7.84. The Hall–Kier alpha value is -1.25. The van der Waals surface area contributed by atoms with Crippen LogP contribution in [0.25, 0.3) is 0 Å². The van der Waals surface area contributed by atoms with Crippen LogP contribution in [0.4, 0.5) is 15.8 Å². The van der Waals surface area contributed by atoms with Crippen LogP contribution < -0.4 is 11.1 Å².